The maximum absolute atomic E-state index is 11.5. The summed E-state index contributed by atoms with van der Waals surface area (Å²) in [6.07, 6.45) is 1.54. The number of aliphatic hydroxyl groups excluding tert-OH is 1. The molecule has 2 rings (SSSR count). The third-order valence-electron chi connectivity index (χ3n) is 2.97. The number of benzene rings is 1. The predicted molar refractivity (Wildman–Crippen MR) is 75.5 cm³/mol. The van der Waals surface area contributed by atoms with E-state index in [1.54, 1.807) is 18.2 Å². The van der Waals surface area contributed by atoms with Gasteiger partial charge in [0.05, 0.1) is 6.10 Å². The summed E-state index contributed by atoms with van der Waals surface area (Å²) in [5, 5.41) is 16.2. The van der Waals surface area contributed by atoms with E-state index >= 15 is 0 Å². The van der Waals surface area contributed by atoms with Gasteiger partial charge in [0.15, 0.2) is 0 Å². The van der Waals surface area contributed by atoms with Crippen molar-refractivity contribution in [1.29, 1.82) is 0 Å². The van der Waals surface area contributed by atoms with E-state index in [2.05, 4.69) is 10.6 Å². The molecule has 1 aliphatic carbocycles. The molecule has 0 radical (unpaired) electrons. The molecule has 19 heavy (non-hydrogen) atoms. The van der Waals surface area contributed by atoms with E-state index in [1.807, 2.05) is 0 Å². The molecule has 1 aliphatic rings. The molecule has 2 amide bonds. The molecule has 0 saturated heterocycles. The van der Waals surface area contributed by atoms with Crippen LogP contribution >= 0.6 is 23.2 Å². The Kier molecular flexibility index (Phi) is 4.91. The fraction of sp³-hybridized carbons (Fsp3) is 0.462. The Morgan fingerprint density at radius 1 is 1.26 bits per heavy atom. The van der Waals surface area contributed by atoms with Crippen molar-refractivity contribution in [3.63, 3.8) is 0 Å². The Bertz CT molecular complexity index is 444. The summed E-state index contributed by atoms with van der Waals surface area (Å²) in [6, 6.07) is 4.58. The third kappa shape index (κ3) is 4.90. The zero-order valence-corrected chi connectivity index (χ0v) is 11.8. The average molecular weight is 303 g/mol. The molecule has 1 aromatic rings. The van der Waals surface area contributed by atoms with Gasteiger partial charge in [0.1, 0.15) is 0 Å². The number of halogens is 2. The summed E-state index contributed by atoms with van der Waals surface area (Å²) in [5.74, 6) is 0.627. The summed E-state index contributed by atoms with van der Waals surface area (Å²) in [5.41, 5.74) is 0.583. The van der Waals surface area contributed by atoms with Crippen LogP contribution < -0.4 is 10.6 Å². The zero-order chi connectivity index (χ0) is 13.8. The molecule has 0 aliphatic heterocycles. The van der Waals surface area contributed by atoms with Gasteiger partial charge in [-0.05, 0) is 42.5 Å². The van der Waals surface area contributed by atoms with Crippen LogP contribution in [0.25, 0.3) is 0 Å². The largest absolute Gasteiger partial charge is 0.387 e. The van der Waals surface area contributed by atoms with Crippen LogP contribution in [-0.2, 0) is 0 Å². The molecule has 0 aromatic heterocycles. The summed E-state index contributed by atoms with van der Waals surface area (Å²) >= 11 is 11.7. The molecule has 1 atom stereocenters. The van der Waals surface area contributed by atoms with Crippen molar-refractivity contribution < 1.29 is 9.90 Å². The maximum atomic E-state index is 11.5. The molecular formula is C13H16Cl2N2O2. The van der Waals surface area contributed by atoms with Gasteiger partial charge >= 0.3 is 6.03 Å². The highest BCUT2D eigenvalue weighted by molar-refractivity contribution is 6.34. The molecule has 1 saturated carbocycles. The molecule has 3 N–H and O–H groups in total. The first-order chi connectivity index (χ1) is 9.04. The van der Waals surface area contributed by atoms with Gasteiger partial charge in [-0.3, -0.25) is 0 Å². The van der Waals surface area contributed by atoms with Gasteiger partial charge in [0, 0.05) is 23.1 Å². The predicted octanol–water partition coefficient (Wildman–Crippen LogP) is 2.74. The number of hydrogen-bond donors (Lipinski definition) is 3. The highest BCUT2D eigenvalue weighted by Crippen LogP contribution is 2.27. The number of hydrogen-bond acceptors (Lipinski definition) is 2. The molecule has 0 heterocycles. The van der Waals surface area contributed by atoms with Gasteiger partial charge in [-0.15, -0.1) is 0 Å². The lowest BCUT2D eigenvalue weighted by Gasteiger charge is -2.13. The Hall–Kier alpha value is -0.970. The van der Waals surface area contributed by atoms with Crippen LogP contribution in [0.5, 0.6) is 0 Å². The van der Waals surface area contributed by atoms with E-state index in [4.69, 9.17) is 23.2 Å². The fourth-order valence-electron chi connectivity index (χ4n) is 1.70. The van der Waals surface area contributed by atoms with Crippen molar-refractivity contribution in [2.45, 2.75) is 18.9 Å². The van der Waals surface area contributed by atoms with Gasteiger partial charge in [-0.2, -0.15) is 0 Å². The van der Waals surface area contributed by atoms with Crippen LogP contribution in [0.4, 0.5) is 4.79 Å². The molecule has 0 bridgehead atoms. The van der Waals surface area contributed by atoms with Gasteiger partial charge in [0.25, 0.3) is 0 Å². The third-order valence-corrected chi connectivity index (χ3v) is 3.41. The summed E-state index contributed by atoms with van der Waals surface area (Å²) < 4.78 is 0. The van der Waals surface area contributed by atoms with Crippen molar-refractivity contribution >= 4 is 29.2 Å². The van der Waals surface area contributed by atoms with E-state index in [9.17, 15) is 9.90 Å². The lowest BCUT2D eigenvalue weighted by molar-refractivity contribution is 0.173. The molecule has 0 spiro atoms. The van der Waals surface area contributed by atoms with E-state index in [0.717, 1.165) is 0 Å². The van der Waals surface area contributed by atoms with Crippen LogP contribution in [-0.4, -0.2) is 24.2 Å². The van der Waals surface area contributed by atoms with Gasteiger partial charge < -0.3 is 15.7 Å². The van der Waals surface area contributed by atoms with Crippen LogP contribution in [0.15, 0.2) is 18.2 Å². The van der Waals surface area contributed by atoms with Crippen LogP contribution in [0.2, 0.25) is 10.0 Å². The summed E-state index contributed by atoms with van der Waals surface area (Å²) in [4.78, 5) is 11.5. The number of carbonyl (C=O) groups excluding carboxylic acids is 1. The van der Waals surface area contributed by atoms with Crippen LogP contribution in [0.3, 0.4) is 0 Å². The van der Waals surface area contributed by atoms with Gasteiger partial charge in [-0.1, -0.05) is 23.2 Å². The Labute approximate surface area is 122 Å². The van der Waals surface area contributed by atoms with Crippen LogP contribution in [0, 0.1) is 5.92 Å². The minimum atomic E-state index is -0.831. The maximum Gasteiger partial charge on any atom is 0.314 e. The second-order valence-corrected chi connectivity index (χ2v) is 5.63. The fourth-order valence-corrected chi connectivity index (χ4v) is 2.24. The quantitative estimate of drug-likeness (QED) is 0.783. The van der Waals surface area contributed by atoms with E-state index in [1.165, 1.54) is 12.8 Å². The Balaban J connectivity index is 1.79. The monoisotopic (exact) mass is 302 g/mol. The van der Waals surface area contributed by atoms with E-state index in [-0.39, 0.29) is 12.6 Å². The first-order valence-corrected chi connectivity index (χ1v) is 6.96. The number of aliphatic hydroxyl groups is 1. The summed E-state index contributed by atoms with van der Waals surface area (Å²) in [7, 11) is 0. The van der Waals surface area contributed by atoms with Crippen molar-refractivity contribution in [1.82, 2.24) is 10.6 Å². The number of urea groups is 1. The average Bonchev–Trinajstić information content (AvgIpc) is 3.16. The highest BCUT2D eigenvalue weighted by Gasteiger charge is 2.21. The molecule has 6 heteroatoms. The molecule has 1 unspecified atom stereocenters. The Morgan fingerprint density at radius 3 is 2.47 bits per heavy atom. The number of rotatable bonds is 5. The smallest absolute Gasteiger partial charge is 0.314 e. The normalized spacial score (nSPS) is 15.9. The molecule has 4 nitrogen and oxygen atoms in total. The van der Waals surface area contributed by atoms with Crippen molar-refractivity contribution in [2.75, 3.05) is 13.1 Å². The van der Waals surface area contributed by atoms with E-state index in [0.29, 0.717) is 28.1 Å². The lowest BCUT2D eigenvalue weighted by atomic mass is 10.1. The standard InChI is InChI=1S/C13H16Cl2N2O2/c14-10-3-9(4-11(15)5-10)12(18)7-17-13(19)16-6-8-1-2-8/h3-5,8,12,18H,1-2,6-7H2,(H2,16,17,19). The van der Waals surface area contributed by atoms with Crippen molar-refractivity contribution in [3.05, 3.63) is 33.8 Å². The molecule has 104 valence electrons. The topological polar surface area (TPSA) is 61.4 Å². The first-order valence-electron chi connectivity index (χ1n) is 6.20. The minimum Gasteiger partial charge on any atom is -0.387 e. The second-order valence-electron chi connectivity index (χ2n) is 4.75. The highest BCUT2D eigenvalue weighted by atomic mass is 35.5. The van der Waals surface area contributed by atoms with Gasteiger partial charge in [-0.25, -0.2) is 4.79 Å². The van der Waals surface area contributed by atoms with Crippen molar-refractivity contribution in [2.24, 2.45) is 5.92 Å². The molecule has 1 fully saturated rings. The lowest BCUT2D eigenvalue weighted by Crippen LogP contribution is -2.38. The van der Waals surface area contributed by atoms with E-state index < -0.39 is 6.10 Å². The van der Waals surface area contributed by atoms with Crippen molar-refractivity contribution in [3.8, 4) is 0 Å². The van der Waals surface area contributed by atoms with Gasteiger partial charge in [0.2, 0.25) is 0 Å². The SMILES string of the molecule is O=C(NCC1CC1)NCC(O)c1cc(Cl)cc(Cl)c1. The molecular weight excluding hydrogens is 287 g/mol. The number of nitrogens with one attached hydrogen (secondary N) is 2. The summed E-state index contributed by atoms with van der Waals surface area (Å²) in [6.45, 7) is 0.818. The first kappa shape index (κ1) is 14.4. The Morgan fingerprint density at radius 2 is 1.89 bits per heavy atom. The number of carbonyl (C=O) groups is 1. The number of amides is 2. The van der Waals surface area contributed by atoms with Crippen LogP contribution in [0.1, 0.15) is 24.5 Å². The molecule has 1 aromatic carbocycles. The minimum absolute atomic E-state index is 0.118. The zero-order valence-electron chi connectivity index (χ0n) is 10.3. The second kappa shape index (κ2) is 6.46.